The Morgan fingerprint density at radius 3 is 2.24 bits per heavy atom. The Bertz CT molecular complexity index is 531. The molecule has 0 N–H and O–H groups in total. The molecule has 21 heavy (non-hydrogen) atoms. The lowest BCUT2D eigenvalue weighted by atomic mass is 9.98. The zero-order valence-electron chi connectivity index (χ0n) is 13.4. The van der Waals surface area contributed by atoms with Gasteiger partial charge in [-0.2, -0.15) is 0 Å². The van der Waals surface area contributed by atoms with Gasteiger partial charge in [0.1, 0.15) is 5.75 Å². The largest absolute Gasteiger partial charge is 0.493 e. The molecule has 0 saturated carbocycles. The zero-order chi connectivity index (χ0) is 15.1. The lowest BCUT2D eigenvalue weighted by Crippen LogP contribution is -2.08. The van der Waals surface area contributed by atoms with Crippen LogP contribution in [0.4, 0.5) is 0 Å². The minimum atomic E-state index is 0.503. The van der Waals surface area contributed by atoms with Crippen LogP contribution in [0, 0.1) is 5.92 Å². The van der Waals surface area contributed by atoms with Gasteiger partial charge in [0.2, 0.25) is 0 Å². The van der Waals surface area contributed by atoms with Crippen molar-refractivity contribution in [2.75, 3.05) is 6.61 Å². The molecular weight excluding hydrogens is 256 g/mol. The average molecular weight is 282 g/mol. The monoisotopic (exact) mass is 282 g/mol. The van der Waals surface area contributed by atoms with Gasteiger partial charge >= 0.3 is 0 Å². The molecule has 1 heteroatoms. The van der Waals surface area contributed by atoms with Crippen LogP contribution in [-0.4, -0.2) is 6.61 Å². The molecule has 2 aromatic carbocycles. The lowest BCUT2D eigenvalue weighted by Gasteiger charge is -2.16. The van der Waals surface area contributed by atoms with Gasteiger partial charge in [-0.3, -0.25) is 0 Å². The van der Waals surface area contributed by atoms with E-state index in [9.17, 15) is 0 Å². The van der Waals surface area contributed by atoms with Crippen molar-refractivity contribution in [2.24, 2.45) is 5.92 Å². The van der Waals surface area contributed by atoms with Crippen molar-refractivity contribution in [2.45, 2.75) is 39.5 Å². The van der Waals surface area contributed by atoms with Gasteiger partial charge in [-0.1, -0.05) is 69.3 Å². The highest BCUT2D eigenvalue weighted by Crippen LogP contribution is 2.26. The van der Waals surface area contributed by atoms with Crippen LogP contribution < -0.4 is 4.74 Å². The fourth-order valence-electron chi connectivity index (χ4n) is 2.58. The van der Waals surface area contributed by atoms with Crippen LogP contribution in [0.3, 0.4) is 0 Å². The lowest BCUT2D eigenvalue weighted by molar-refractivity contribution is 0.280. The van der Waals surface area contributed by atoms with E-state index in [1.165, 1.54) is 11.1 Å². The predicted octanol–water partition coefficient (Wildman–Crippen LogP) is 5.46. The summed E-state index contributed by atoms with van der Waals surface area (Å²) in [6.07, 6.45) is 2.21. The molecule has 2 rings (SSSR count). The minimum absolute atomic E-state index is 0.503. The molecule has 2 aromatic rings. The van der Waals surface area contributed by atoms with Gasteiger partial charge in [0, 0.05) is 0 Å². The molecular formula is C20H26O. The summed E-state index contributed by atoms with van der Waals surface area (Å²) >= 11 is 0. The Labute approximate surface area is 129 Å². The molecule has 0 aliphatic carbocycles. The Balaban J connectivity index is 1.82. The summed E-state index contributed by atoms with van der Waals surface area (Å²) in [6, 6.07) is 19.1. The van der Waals surface area contributed by atoms with E-state index in [-0.39, 0.29) is 0 Å². The summed E-state index contributed by atoms with van der Waals surface area (Å²) in [6.45, 7) is 7.50. The molecule has 0 aromatic heterocycles. The second kappa shape index (κ2) is 7.87. The second-order valence-electron chi connectivity index (χ2n) is 6.12. The summed E-state index contributed by atoms with van der Waals surface area (Å²) < 4.78 is 6.01. The van der Waals surface area contributed by atoms with E-state index in [1.54, 1.807) is 0 Å². The van der Waals surface area contributed by atoms with Gasteiger partial charge in [0.05, 0.1) is 6.61 Å². The van der Waals surface area contributed by atoms with Gasteiger partial charge in [0.15, 0.2) is 0 Å². The fraction of sp³-hybridized carbons (Fsp3) is 0.400. The molecule has 0 amide bonds. The number of hydrogen-bond donors (Lipinski definition) is 0. The summed E-state index contributed by atoms with van der Waals surface area (Å²) in [5.74, 6) is 2.18. The van der Waals surface area contributed by atoms with Crippen LogP contribution in [0.15, 0.2) is 54.6 Å². The van der Waals surface area contributed by atoms with E-state index >= 15 is 0 Å². The quantitative estimate of drug-likeness (QED) is 0.655. The summed E-state index contributed by atoms with van der Waals surface area (Å²) in [5, 5.41) is 0. The Kier molecular flexibility index (Phi) is 5.86. The third-order valence-corrected chi connectivity index (χ3v) is 3.84. The number of ether oxygens (including phenoxy) is 1. The Morgan fingerprint density at radius 2 is 1.52 bits per heavy atom. The molecule has 1 atom stereocenters. The maximum atomic E-state index is 6.01. The molecule has 112 valence electrons. The van der Waals surface area contributed by atoms with Crippen molar-refractivity contribution >= 4 is 0 Å². The maximum Gasteiger partial charge on any atom is 0.122 e. The highest BCUT2D eigenvalue weighted by atomic mass is 16.5. The van der Waals surface area contributed by atoms with E-state index in [4.69, 9.17) is 4.74 Å². The van der Waals surface area contributed by atoms with Crippen LogP contribution in [-0.2, 0) is 6.42 Å². The molecule has 0 bridgehead atoms. The van der Waals surface area contributed by atoms with Crippen LogP contribution in [0.2, 0.25) is 0 Å². The first-order valence-corrected chi connectivity index (χ1v) is 7.92. The van der Waals surface area contributed by atoms with E-state index in [1.807, 2.05) is 0 Å². The molecule has 1 nitrogen and oxygen atoms in total. The molecule has 0 heterocycles. The van der Waals surface area contributed by atoms with Crippen molar-refractivity contribution in [3.8, 4) is 5.75 Å². The van der Waals surface area contributed by atoms with Crippen LogP contribution >= 0.6 is 0 Å². The highest BCUT2D eigenvalue weighted by molar-refractivity contribution is 5.35. The van der Waals surface area contributed by atoms with Crippen molar-refractivity contribution in [3.05, 3.63) is 65.7 Å². The van der Waals surface area contributed by atoms with Gasteiger partial charge < -0.3 is 4.74 Å². The minimum Gasteiger partial charge on any atom is -0.493 e. The van der Waals surface area contributed by atoms with Crippen LogP contribution in [0.25, 0.3) is 0 Å². The Morgan fingerprint density at radius 1 is 0.857 bits per heavy atom. The zero-order valence-corrected chi connectivity index (χ0v) is 13.4. The van der Waals surface area contributed by atoms with Gasteiger partial charge in [-0.15, -0.1) is 0 Å². The first-order chi connectivity index (χ1) is 10.2. The number of para-hydroxylation sites is 1. The molecule has 0 aliphatic rings. The maximum absolute atomic E-state index is 6.01. The normalized spacial score (nSPS) is 12.4. The summed E-state index contributed by atoms with van der Waals surface area (Å²) in [7, 11) is 0. The number of hydrogen-bond acceptors (Lipinski definition) is 1. The molecule has 0 radical (unpaired) electrons. The van der Waals surface area contributed by atoms with Crippen LogP contribution in [0.1, 0.15) is 44.2 Å². The molecule has 0 saturated heterocycles. The molecule has 1 unspecified atom stereocenters. The molecule has 0 spiro atoms. The predicted molar refractivity (Wildman–Crippen MR) is 90.0 cm³/mol. The van der Waals surface area contributed by atoms with E-state index in [0.29, 0.717) is 11.8 Å². The van der Waals surface area contributed by atoms with E-state index in [2.05, 4.69) is 75.4 Å². The smallest absolute Gasteiger partial charge is 0.122 e. The standard InChI is InChI=1S/C20H26O/c1-16(2)19-11-7-8-12-20(19)21-14-13-17(3)15-18-9-5-4-6-10-18/h4-12,16-17H,13-15H2,1-3H3. The van der Waals surface area contributed by atoms with Crippen molar-refractivity contribution in [1.82, 2.24) is 0 Å². The third-order valence-electron chi connectivity index (χ3n) is 3.84. The average Bonchev–Trinajstić information content (AvgIpc) is 2.48. The first-order valence-electron chi connectivity index (χ1n) is 7.92. The van der Waals surface area contributed by atoms with Crippen molar-refractivity contribution < 1.29 is 4.74 Å². The number of benzene rings is 2. The molecule has 0 aliphatic heterocycles. The first kappa shape index (κ1) is 15.6. The van der Waals surface area contributed by atoms with Crippen LogP contribution in [0.5, 0.6) is 5.75 Å². The SMILES string of the molecule is CC(CCOc1ccccc1C(C)C)Cc1ccccc1. The van der Waals surface area contributed by atoms with Crippen molar-refractivity contribution in [3.63, 3.8) is 0 Å². The fourth-order valence-corrected chi connectivity index (χ4v) is 2.58. The van der Waals surface area contributed by atoms with Crippen molar-refractivity contribution in [1.29, 1.82) is 0 Å². The highest BCUT2D eigenvalue weighted by Gasteiger charge is 2.08. The Hall–Kier alpha value is -1.76. The molecule has 0 fully saturated rings. The third kappa shape index (κ3) is 4.93. The second-order valence-corrected chi connectivity index (χ2v) is 6.12. The van der Waals surface area contributed by atoms with Gasteiger partial charge in [-0.05, 0) is 41.9 Å². The summed E-state index contributed by atoms with van der Waals surface area (Å²) in [4.78, 5) is 0. The topological polar surface area (TPSA) is 9.23 Å². The van der Waals surface area contributed by atoms with Gasteiger partial charge in [-0.25, -0.2) is 0 Å². The van der Waals surface area contributed by atoms with Gasteiger partial charge in [0.25, 0.3) is 0 Å². The van der Waals surface area contributed by atoms with E-state index < -0.39 is 0 Å². The number of rotatable bonds is 7. The summed E-state index contributed by atoms with van der Waals surface area (Å²) in [5.41, 5.74) is 2.71. The van der Waals surface area contributed by atoms with E-state index in [0.717, 1.165) is 25.2 Å².